The zero-order valence-corrected chi connectivity index (χ0v) is 24.5. The number of rotatable bonds is 3. The van der Waals surface area contributed by atoms with Crippen molar-refractivity contribution in [2.24, 2.45) is 56.7 Å². The molecule has 1 saturated heterocycles. The van der Waals surface area contributed by atoms with Gasteiger partial charge < -0.3 is 19.7 Å². The zero-order chi connectivity index (χ0) is 26.9. The van der Waals surface area contributed by atoms with Crippen molar-refractivity contribution in [3.63, 3.8) is 0 Å². The SMILES string of the molecule is CC(=O)O[C@H](C(C)C)C1C[C@@H](C)[C@H]2C(O1)[C@H](O)[C@@]1(C)C3CC[C@H]4C(C)(C)[C@@H](O)CC[C@@]45C[C@@]35CC[C@]21C. The maximum absolute atomic E-state index is 12.3. The monoisotopic (exact) mass is 516 g/mol. The van der Waals surface area contributed by atoms with Crippen molar-refractivity contribution in [2.45, 2.75) is 137 Å². The van der Waals surface area contributed by atoms with Crippen molar-refractivity contribution in [1.82, 2.24) is 0 Å². The fourth-order valence-corrected chi connectivity index (χ4v) is 12.4. The molecule has 0 aromatic carbocycles. The van der Waals surface area contributed by atoms with Crippen LogP contribution in [-0.2, 0) is 14.3 Å². The van der Waals surface area contributed by atoms with Crippen LogP contribution in [0.2, 0.25) is 0 Å². The van der Waals surface area contributed by atoms with E-state index in [1.54, 1.807) is 0 Å². The summed E-state index contributed by atoms with van der Waals surface area (Å²) in [6.07, 6.45) is 7.66. The Kier molecular flexibility index (Phi) is 5.72. The molecule has 1 aliphatic heterocycles. The minimum atomic E-state index is -0.503. The first kappa shape index (κ1) is 26.6. The summed E-state index contributed by atoms with van der Waals surface area (Å²) < 4.78 is 12.6. The molecule has 0 bridgehead atoms. The van der Waals surface area contributed by atoms with E-state index in [-0.39, 0.29) is 52.5 Å². The number of esters is 1. The van der Waals surface area contributed by atoms with Crippen LogP contribution < -0.4 is 0 Å². The van der Waals surface area contributed by atoms with E-state index in [0.717, 1.165) is 32.1 Å². The van der Waals surface area contributed by atoms with Gasteiger partial charge in [-0.2, -0.15) is 0 Å². The Morgan fingerprint density at radius 3 is 2.27 bits per heavy atom. The number of fused-ring (bicyclic) bond motifs is 4. The standard InChI is InChI=1S/C32H52O5/c1-17(2)25(36-19(4)33)20-15-18(3)24-26(37-20)27(35)30(8)22-10-9-21-28(5,6)23(34)11-12-31(21)16-32(22,31)14-13-29(24,30)7/h17-18,20-27,34-35H,9-16H2,1-8H3/t18-,20?,21+,22?,23+,24+,25-,26?,27+,29-,30-,31-,32+/m1/s1. The third kappa shape index (κ3) is 3.06. The highest BCUT2D eigenvalue weighted by atomic mass is 16.6. The van der Waals surface area contributed by atoms with Crippen molar-refractivity contribution >= 4 is 5.97 Å². The van der Waals surface area contributed by atoms with Gasteiger partial charge in [-0.3, -0.25) is 4.79 Å². The van der Waals surface area contributed by atoms with Gasteiger partial charge in [0, 0.05) is 12.3 Å². The molecule has 0 amide bonds. The number of hydrogen-bond donors (Lipinski definition) is 2. The number of aliphatic hydroxyl groups excluding tert-OH is 2. The molecule has 3 unspecified atom stereocenters. The molecule has 1 heterocycles. The molecule has 5 nitrogen and oxygen atoms in total. The Balaban J connectivity index is 1.34. The minimum Gasteiger partial charge on any atom is -0.460 e. The second-order valence-corrected chi connectivity index (χ2v) is 15.9. The van der Waals surface area contributed by atoms with Crippen molar-refractivity contribution in [3.05, 3.63) is 0 Å². The van der Waals surface area contributed by atoms with Gasteiger partial charge in [0.05, 0.1) is 24.4 Å². The van der Waals surface area contributed by atoms with Crippen molar-refractivity contribution in [3.8, 4) is 0 Å². The lowest BCUT2D eigenvalue weighted by molar-refractivity contribution is -0.195. The number of carbonyl (C=O) groups excluding carboxylic acids is 1. The molecule has 2 spiro atoms. The summed E-state index contributed by atoms with van der Waals surface area (Å²) in [5.41, 5.74) is 0.490. The van der Waals surface area contributed by atoms with Crippen LogP contribution in [0.3, 0.4) is 0 Å². The van der Waals surface area contributed by atoms with Gasteiger partial charge in [0.25, 0.3) is 0 Å². The van der Waals surface area contributed by atoms with Crippen LogP contribution in [0.4, 0.5) is 0 Å². The molecule has 37 heavy (non-hydrogen) atoms. The predicted octanol–water partition coefficient (Wildman–Crippen LogP) is 5.75. The van der Waals surface area contributed by atoms with Gasteiger partial charge in [-0.15, -0.1) is 0 Å². The van der Waals surface area contributed by atoms with E-state index < -0.39 is 6.10 Å². The molecule has 2 N–H and O–H groups in total. The third-order valence-corrected chi connectivity index (χ3v) is 14.1. The molecule has 6 rings (SSSR count). The van der Waals surface area contributed by atoms with Crippen LogP contribution in [0.25, 0.3) is 0 Å². The molecule has 5 heteroatoms. The number of hydrogen-bond acceptors (Lipinski definition) is 5. The molecule has 5 saturated carbocycles. The highest BCUT2D eigenvalue weighted by Gasteiger charge is 2.84. The average Bonchev–Trinajstić information content (AvgIpc) is 3.45. The van der Waals surface area contributed by atoms with Gasteiger partial charge in [0.1, 0.15) is 6.10 Å². The number of aliphatic hydroxyl groups is 2. The fraction of sp³-hybridized carbons (Fsp3) is 0.969. The molecule has 6 fully saturated rings. The Labute approximate surface area is 224 Å². The third-order valence-electron chi connectivity index (χ3n) is 14.1. The van der Waals surface area contributed by atoms with E-state index in [0.29, 0.717) is 34.5 Å². The Morgan fingerprint density at radius 2 is 1.62 bits per heavy atom. The molecule has 5 aliphatic carbocycles. The quantitative estimate of drug-likeness (QED) is 0.467. The number of ether oxygens (including phenoxy) is 2. The lowest BCUT2D eigenvalue weighted by atomic mass is 9.41. The highest BCUT2D eigenvalue weighted by Crippen LogP contribution is 2.89. The smallest absolute Gasteiger partial charge is 0.303 e. The molecule has 13 atom stereocenters. The fourth-order valence-electron chi connectivity index (χ4n) is 12.4. The average molecular weight is 517 g/mol. The summed E-state index contributed by atoms with van der Waals surface area (Å²) >= 11 is 0. The van der Waals surface area contributed by atoms with Crippen LogP contribution in [0.5, 0.6) is 0 Å². The van der Waals surface area contributed by atoms with E-state index in [1.165, 1.54) is 26.2 Å². The first-order chi connectivity index (χ1) is 17.2. The van der Waals surface area contributed by atoms with E-state index >= 15 is 0 Å². The summed E-state index contributed by atoms with van der Waals surface area (Å²) in [6.45, 7) is 17.6. The first-order valence-electron chi connectivity index (χ1n) is 15.4. The molecule has 6 aliphatic rings. The summed E-state index contributed by atoms with van der Waals surface area (Å²) in [5, 5.41) is 23.3. The summed E-state index contributed by atoms with van der Waals surface area (Å²) in [7, 11) is 0. The maximum atomic E-state index is 12.3. The van der Waals surface area contributed by atoms with Gasteiger partial charge in [-0.05, 0) is 103 Å². The Morgan fingerprint density at radius 1 is 0.973 bits per heavy atom. The van der Waals surface area contributed by atoms with E-state index in [4.69, 9.17) is 9.47 Å². The van der Waals surface area contributed by atoms with Crippen molar-refractivity contribution < 1.29 is 24.5 Å². The molecule has 0 radical (unpaired) electrons. The second-order valence-electron chi connectivity index (χ2n) is 15.9. The predicted molar refractivity (Wildman–Crippen MR) is 142 cm³/mol. The van der Waals surface area contributed by atoms with Crippen LogP contribution in [-0.4, -0.2) is 46.7 Å². The second kappa shape index (κ2) is 7.97. The molecule has 0 aromatic rings. The van der Waals surface area contributed by atoms with Gasteiger partial charge in [0.15, 0.2) is 0 Å². The molecule has 0 aromatic heterocycles. The lowest BCUT2D eigenvalue weighted by Gasteiger charge is -2.63. The molecular weight excluding hydrogens is 464 g/mol. The van der Waals surface area contributed by atoms with E-state index in [1.807, 2.05) is 0 Å². The zero-order valence-electron chi connectivity index (χ0n) is 24.5. The van der Waals surface area contributed by atoms with Gasteiger partial charge in [-0.25, -0.2) is 0 Å². The van der Waals surface area contributed by atoms with Gasteiger partial charge >= 0.3 is 5.97 Å². The van der Waals surface area contributed by atoms with Crippen molar-refractivity contribution in [1.29, 1.82) is 0 Å². The summed E-state index contributed by atoms with van der Waals surface area (Å²) in [5.74, 6) is 1.73. The summed E-state index contributed by atoms with van der Waals surface area (Å²) in [6, 6.07) is 0. The number of carbonyl (C=O) groups is 1. The summed E-state index contributed by atoms with van der Waals surface area (Å²) in [4.78, 5) is 11.9. The van der Waals surface area contributed by atoms with Crippen molar-refractivity contribution in [2.75, 3.05) is 0 Å². The van der Waals surface area contributed by atoms with Crippen LogP contribution >= 0.6 is 0 Å². The van der Waals surface area contributed by atoms with Crippen LogP contribution in [0, 0.1) is 56.7 Å². The van der Waals surface area contributed by atoms with Gasteiger partial charge in [0.2, 0.25) is 0 Å². The minimum absolute atomic E-state index is 0.0237. The lowest BCUT2D eigenvalue weighted by Crippen LogP contribution is -2.59. The maximum Gasteiger partial charge on any atom is 0.303 e. The molecule has 210 valence electrons. The van der Waals surface area contributed by atoms with E-state index in [9.17, 15) is 15.0 Å². The Hall–Kier alpha value is -0.650. The normalized spacial score (nSPS) is 56.3. The largest absolute Gasteiger partial charge is 0.460 e. The topological polar surface area (TPSA) is 76.0 Å². The van der Waals surface area contributed by atoms with Crippen LogP contribution in [0.1, 0.15) is 107 Å². The highest BCUT2D eigenvalue weighted by molar-refractivity contribution is 5.66. The van der Waals surface area contributed by atoms with Gasteiger partial charge in [-0.1, -0.05) is 48.5 Å². The van der Waals surface area contributed by atoms with E-state index in [2.05, 4.69) is 48.5 Å². The van der Waals surface area contributed by atoms with Crippen LogP contribution in [0.15, 0.2) is 0 Å². The first-order valence-corrected chi connectivity index (χ1v) is 15.4. The molecular formula is C32H52O5. The Bertz CT molecular complexity index is 961.